The molecule has 180 valence electrons. The summed E-state index contributed by atoms with van der Waals surface area (Å²) in [5.41, 5.74) is 0.232. The standard InChI is InChI=1S/C21H18F3N3O5S2/c1-3-31-20(28)13(2)32-10-4-5-15-16(8-9-19(26-15)21(22,23)24)27-34(29,30)14-6-7-17-18(11-14)33-12-25-17/h6-9,11-13,27H,3,10H2,1-2H3. The largest absolute Gasteiger partial charge is 0.464 e. The lowest BCUT2D eigenvalue weighted by Gasteiger charge is -2.12. The van der Waals surface area contributed by atoms with Crippen LogP contribution in [-0.4, -0.2) is 43.7 Å². The Hall–Kier alpha value is -3.21. The van der Waals surface area contributed by atoms with Crippen molar-refractivity contribution in [2.75, 3.05) is 17.9 Å². The molecule has 1 N–H and O–H groups in total. The average Bonchev–Trinajstić information content (AvgIpc) is 3.24. The number of ether oxygens (including phenoxy) is 2. The predicted octanol–water partition coefficient (Wildman–Crippen LogP) is 3.83. The molecule has 3 rings (SSSR count). The number of nitrogens with zero attached hydrogens (tertiary/aromatic N) is 2. The molecule has 8 nitrogen and oxygen atoms in total. The molecular formula is C21H18F3N3O5S2. The Morgan fingerprint density at radius 2 is 2.03 bits per heavy atom. The Bertz CT molecular complexity index is 1360. The second-order valence-corrected chi connectivity index (χ2v) is 9.25. The molecule has 0 radical (unpaired) electrons. The third kappa shape index (κ3) is 6.22. The van der Waals surface area contributed by atoms with Gasteiger partial charge >= 0.3 is 12.1 Å². The van der Waals surface area contributed by atoms with Gasteiger partial charge in [0.05, 0.1) is 32.9 Å². The number of benzene rings is 1. The Morgan fingerprint density at radius 3 is 2.74 bits per heavy atom. The number of sulfonamides is 1. The molecule has 0 bridgehead atoms. The van der Waals surface area contributed by atoms with Crippen molar-refractivity contribution in [2.24, 2.45) is 0 Å². The molecule has 0 aliphatic rings. The van der Waals surface area contributed by atoms with Crippen LogP contribution in [0.2, 0.25) is 0 Å². The topological polar surface area (TPSA) is 107 Å². The van der Waals surface area contributed by atoms with E-state index in [1.165, 1.54) is 36.5 Å². The number of esters is 1. The van der Waals surface area contributed by atoms with Crippen molar-refractivity contribution < 1.29 is 35.9 Å². The first-order chi connectivity index (χ1) is 16.0. The first-order valence-corrected chi connectivity index (χ1v) is 12.1. The lowest BCUT2D eigenvalue weighted by molar-refractivity contribution is -0.154. The van der Waals surface area contributed by atoms with Crippen LogP contribution in [0.5, 0.6) is 0 Å². The summed E-state index contributed by atoms with van der Waals surface area (Å²) in [5.74, 6) is 4.20. The number of carbonyl (C=O) groups excluding carboxylic acids is 1. The van der Waals surface area contributed by atoms with E-state index in [1.54, 1.807) is 12.4 Å². The van der Waals surface area contributed by atoms with Crippen molar-refractivity contribution in [1.82, 2.24) is 9.97 Å². The number of rotatable bonds is 7. The third-order valence-corrected chi connectivity index (χ3v) is 6.43. The molecule has 2 heterocycles. The molecule has 0 amide bonds. The Morgan fingerprint density at radius 1 is 1.26 bits per heavy atom. The van der Waals surface area contributed by atoms with Gasteiger partial charge in [-0.2, -0.15) is 13.2 Å². The van der Waals surface area contributed by atoms with Gasteiger partial charge in [0.15, 0.2) is 6.10 Å². The first-order valence-electron chi connectivity index (χ1n) is 9.72. The van der Waals surface area contributed by atoms with Crippen molar-refractivity contribution in [1.29, 1.82) is 0 Å². The number of alkyl halides is 3. The van der Waals surface area contributed by atoms with Gasteiger partial charge in [-0.15, -0.1) is 11.3 Å². The van der Waals surface area contributed by atoms with E-state index in [0.717, 1.165) is 6.07 Å². The number of aromatic nitrogens is 2. The van der Waals surface area contributed by atoms with Crippen LogP contribution in [0.3, 0.4) is 0 Å². The summed E-state index contributed by atoms with van der Waals surface area (Å²) >= 11 is 1.24. The maximum Gasteiger partial charge on any atom is 0.433 e. The van der Waals surface area contributed by atoms with Gasteiger partial charge in [-0.1, -0.05) is 5.92 Å². The summed E-state index contributed by atoms with van der Waals surface area (Å²) in [6, 6.07) is 5.84. The van der Waals surface area contributed by atoms with Crippen LogP contribution >= 0.6 is 11.3 Å². The van der Waals surface area contributed by atoms with Crippen molar-refractivity contribution in [3.8, 4) is 11.8 Å². The molecular weight excluding hydrogens is 495 g/mol. The smallest absolute Gasteiger partial charge is 0.433 e. The zero-order chi connectivity index (χ0) is 24.9. The SMILES string of the molecule is CCOC(=O)C(C)OCC#Cc1nc(C(F)(F)F)ccc1NS(=O)(=O)c1ccc2ncsc2c1. The minimum absolute atomic E-state index is 0.102. The quantitative estimate of drug-likeness (QED) is 0.378. The Balaban J connectivity index is 1.87. The number of halogens is 3. The number of thiazole rings is 1. The van der Waals surface area contributed by atoms with E-state index in [4.69, 9.17) is 9.47 Å². The molecule has 0 aliphatic heterocycles. The number of hydrogen-bond donors (Lipinski definition) is 1. The van der Waals surface area contributed by atoms with E-state index in [0.29, 0.717) is 16.3 Å². The lowest BCUT2D eigenvalue weighted by Crippen LogP contribution is -2.23. The number of hydrogen-bond acceptors (Lipinski definition) is 8. The van der Waals surface area contributed by atoms with Gasteiger partial charge < -0.3 is 9.47 Å². The third-order valence-electron chi connectivity index (χ3n) is 4.27. The fourth-order valence-electron chi connectivity index (χ4n) is 2.62. The van der Waals surface area contributed by atoms with E-state index in [2.05, 4.69) is 26.5 Å². The van der Waals surface area contributed by atoms with Gasteiger partial charge in [-0.05, 0) is 50.1 Å². The highest BCUT2D eigenvalue weighted by Crippen LogP contribution is 2.30. The van der Waals surface area contributed by atoms with Crippen molar-refractivity contribution in [3.05, 3.63) is 47.2 Å². The first kappa shape index (κ1) is 25.4. The molecule has 34 heavy (non-hydrogen) atoms. The normalized spacial score (nSPS) is 12.6. The zero-order valence-electron chi connectivity index (χ0n) is 17.8. The molecule has 0 aliphatic carbocycles. The van der Waals surface area contributed by atoms with Crippen molar-refractivity contribution in [3.63, 3.8) is 0 Å². The second kappa shape index (κ2) is 10.4. The summed E-state index contributed by atoms with van der Waals surface area (Å²) in [7, 11) is -4.17. The fourth-order valence-corrected chi connectivity index (χ4v) is 4.50. The number of carbonyl (C=O) groups is 1. The van der Waals surface area contributed by atoms with Gasteiger partial charge in [0.1, 0.15) is 18.0 Å². The summed E-state index contributed by atoms with van der Waals surface area (Å²) in [6.07, 6.45) is -5.71. The predicted molar refractivity (Wildman–Crippen MR) is 119 cm³/mol. The summed E-state index contributed by atoms with van der Waals surface area (Å²) in [6.45, 7) is 2.89. The number of pyridine rings is 1. The molecule has 0 spiro atoms. The lowest BCUT2D eigenvalue weighted by atomic mass is 10.2. The zero-order valence-corrected chi connectivity index (χ0v) is 19.5. The van der Waals surface area contributed by atoms with Crippen LogP contribution in [0.25, 0.3) is 10.2 Å². The molecule has 1 atom stereocenters. The highest BCUT2D eigenvalue weighted by Gasteiger charge is 2.33. The van der Waals surface area contributed by atoms with Gasteiger partial charge in [0, 0.05) is 0 Å². The average molecular weight is 514 g/mol. The maximum atomic E-state index is 13.1. The summed E-state index contributed by atoms with van der Waals surface area (Å²) in [5, 5.41) is 0. The molecule has 1 aromatic carbocycles. The van der Waals surface area contributed by atoms with Gasteiger partial charge in [-0.3, -0.25) is 4.72 Å². The van der Waals surface area contributed by atoms with Gasteiger partial charge in [-0.25, -0.2) is 23.2 Å². The van der Waals surface area contributed by atoms with Crippen LogP contribution in [0.1, 0.15) is 25.2 Å². The number of anilines is 1. The molecule has 0 fully saturated rings. The number of nitrogens with one attached hydrogen (secondary N) is 1. The Kier molecular flexibility index (Phi) is 7.75. The molecule has 1 unspecified atom stereocenters. The number of fused-ring (bicyclic) bond motifs is 1. The van der Waals surface area contributed by atoms with Crippen LogP contribution < -0.4 is 4.72 Å². The highest BCUT2D eigenvalue weighted by atomic mass is 32.2. The van der Waals surface area contributed by atoms with E-state index in [1.807, 2.05) is 0 Å². The summed E-state index contributed by atoms with van der Waals surface area (Å²) in [4.78, 5) is 19.0. The summed E-state index contributed by atoms with van der Waals surface area (Å²) < 4.78 is 78.0. The molecule has 2 aromatic heterocycles. The monoisotopic (exact) mass is 513 g/mol. The van der Waals surface area contributed by atoms with Crippen LogP contribution in [0, 0.1) is 11.8 Å². The van der Waals surface area contributed by atoms with E-state index in [-0.39, 0.29) is 23.8 Å². The maximum absolute atomic E-state index is 13.1. The van der Waals surface area contributed by atoms with Crippen LogP contribution in [0.15, 0.2) is 40.7 Å². The highest BCUT2D eigenvalue weighted by molar-refractivity contribution is 7.92. The molecule has 13 heteroatoms. The fraction of sp³-hybridized carbons (Fsp3) is 0.286. The van der Waals surface area contributed by atoms with E-state index >= 15 is 0 Å². The minimum Gasteiger partial charge on any atom is -0.464 e. The second-order valence-electron chi connectivity index (χ2n) is 6.68. The van der Waals surface area contributed by atoms with Crippen molar-refractivity contribution in [2.45, 2.75) is 31.0 Å². The van der Waals surface area contributed by atoms with Gasteiger partial charge in [0.25, 0.3) is 10.0 Å². The molecule has 0 saturated heterocycles. The van der Waals surface area contributed by atoms with Crippen molar-refractivity contribution >= 4 is 43.2 Å². The van der Waals surface area contributed by atoms with Crippen LogP contribution in [-0.2, 0) is 30.5 Å². The minimum atomic E-state index is -4.76. The van der Waals surface area contributed by atoms with E-state index in [9.17, 15) is 26.4 Å². The van der Waals surface area contributed by atoms with Crippen LogP contribution in [0.4, 0.5) is 18.9 Å². The molecule has 0 saturated carbocycles. The molecule has 3 aromatic rings. The van der Waals surface area contributed by atoms with Gasteiger partial charge in [0.2, 0.25) is 0 Å². The Labute approximate surface area is 197 Å². The van der Waals surface area contributed by atoms with E-state index < -0.39 is 39.7 Å².